The minimum absolute atomic E-state index is 0.491. The maximum absolute atomic E-state index is 5.86. The summed E-state index contributed by atoms with van der Waals surface area (Å²) in [6.07, 6.45) is 0. The van der Waals surface area contributed by atoms with Gasteiger partial charge in [0.2, 0.25) is 0 Å². The van der Waals surface area contributed by atoms with Crippen molar-refractivity contribution < 1.29 is 0 Å². The lowest BCUT2D eigenvalue weighted by Gasteiger charge is -2.04. The normalized spacial score (nSPS) is 10.4. The van der Waals surface area contributed by atoms with Crippen LogP contribution in [0.5, 0.6) is 0 Å². The second-order valence-corrected chi connectivity index (χ2v) is 4.66. The molecule has 3 aromatic rings. The number of hydrogen-bond donors (Lipinski definition) is 1. The second kappa shape index (κ2) is 4.58. The molecule has 2 N–H and O–H groups in total. The lowest BCUT2D eigenvalue weighted by molar-refractivity contribution is 1.19. The molecule has 88 valence electrons. The highest BCUT2D eigenvalue weighted by atomic mass is 32.1. The zero-order valence-electron chi connectivity index (χ0n) is 9.58. The molecule has 3 rings (SSSR count). The van der Waals surface area contributed by atoms with E-state index in [1.54, 1.807) is 17.4 Å². The molecule has 0 aliphatic carbocycles. The van der Waals surface area contributed by atoms with Gasteiger partial charge in [0.15, 0.2) is 5.82 Å². The maximum Gasteiger partial charge on any atom is 0.162 e. The van der Waals surface area contributed by atoms with E-state index in [2.05, 4.69) is 9.97 Å². The average molecular weight is 253 g/mol. The van der Waals surface area contributed by atoms with Gasteiger partial charge in [-0.3, -0.25) is 0 Å². The van der Waals surface area contributed by atoms with E-state index in [0.717, 1.165) is 16.8 Å². The fraction of sp³-hybridized carbons (Fsp3) is 0. The zero-order chi connectivity index (χ0) is 12.4. The van der Waals surface area contributed by atoms with Crippen LogP contribution in [0.3, 0.4) is 0 Å². The Morgan fingerprint density at radius 1 is 0.944 bits per heavy atom. The van der Waals surface area contributed by atoms with Gasteiger partial charge in [-0.15, -0.1) is 0 Å². The Morgan fingerprint density at radius 3 is 2.50 bits per heavy atom. The van der Waals surface area contributed by atoms with Crippen LogP contribution in [0.2, 0.25) is 0 Å². The van der Waals surface area contributed by atoms with Crippen LogP contribution in [-0.2, 0) is 0 Å². The number of rotatable bonds is 2. The van der Waals surface area contributed by atoms with Crippen molar-refractivity contribution in [3.8, 4) is 22.6 Å². The number of aromatic nitrogens is 2. The molecule has 0 radical (unpaired) electrons. The maximum atomic E-state index is 5.86. The van der Waals surface area contributed by atoms with Crippen molar-refractivity contribution in [1.29, 1.82) is 0 Å². The summed E-state index contributed by atoms with van der Waals surface area (Å²) >= 11 is 1.62. The van der Waals surface area contributed by atoms with Crippen LogP contribution in [-0.4, -0.2) is 9.97 Å². The summed E-state index contributed by atoms with van der Waals surface area (Å²) in [7, 11) is 0. The van der Waals surface area contributed by atoms with Gasteiger partial charge in [-0.05, 0) is 11.4 Å². The van der Waals surface area contributed by atoms with Crippen molar-refractivity contribution in [2.45, 2.75) is 0 Å². The lowest BCUT2D eigenvalue weighted by Crippen LogP contribution is -1.97. The van der Waals surface area contributed by atoms with Crippen molar-refractivity contribution >= 4 is 17.2 Å². The third-order valence-corrected chi connectivity index (χ3v) is 3.28. The van der Waals surface area contributed by atoms with Gasteiger partial charge in [-0.1, -0.05) is 30.3 Å². The molecule has 0 fully saturated rings. The Morgan fingerprint density at radius 2 is 1.78 bits per heavy atom. The number of thiophene rings is 1. The molecule has 0 saturated heterocycles. The van der Waals surface area contributed by atoms with E-state index >= 15 is 0 Å². The first-order chi connectivity index (χ1) is 8.83. The Kier molecular flexibility index (Phi) is 2.78. The van der Waals surface area contributed by atoms with Gasteiger partial charge in [0, 0.05) is 22.6 Å². The van der Waals surface area contributed by atoms with Gasteiger partial charge >= 0.3 is 0 Å². The second-order valence-electron chi connectivity index (χ2n) is 3.88. The molecule has 0 bridgehead atoms. The van der Waals surface area contributed by atoms with Crippen LogP contribution in [0.1, 0.15) is 0 Å². The zero-order valence-corrected chi connectivity index (χ0v) is 10.4. The summed E-state index contributed by atoms with van der Waals surface area (Å²) in [6, 6.07) is 13.8. The minimum atomic E-state index is 0.491. The molecule has 0 aliphatic heterocycles. The van der Waals surface area contributed by atoms with E-state index in [-0.39, 0.29) is 0 Å². The van der Waals surface area contributed by atoms with Crippen LogP contribution >= 0.6 is 11.3 Å². The fourth-order valence-electron chi connectivity index (χ4n) is 1.74. The third kappa shape index (κ3) is 2.10. The predicted octanol–water partition coefficient (Wildman–Crippen LogP) is 3.45. The van der Waals surface area contributed by atoms with Gasteiger partial charge in [-0.2, -0.15) is 11.3 Å². The Bertz CT molecular complexity index is 648. The quantitative estimate of drug-likeness (QED) is 0.761. The van der Waals surface area contributed by atoms with Crippen LogP contribution in [0, 0.1) is 0 Å². The molecule has 2 aromatic heterocycles. The number of anilines is 1. The van der Waals surface area contributed by atoms with E-state index in [1.165, 1.54) is 0 Å². The van der Waals surface area contributed by atoms with Crippen molar-refractivity contribution in [2.75, 3.05) is 5.73 Å². The Labute approximate surface area is 109 Å². The Balaban J connectivity index is 2.12. The molecule has 0 saturated carbocycles. The molecule has 0 spiro atoms. The van der Waals surface area contributed by atoms with Gasteiger partial charge in [-0.25, -0.2) is 9.97 Å². The summed E-state index contributed by atoms with van der Waals surface area (Å²) in [4.78, 5) is 8.84. The van der Waals surface area contributed by atoms with E-state index in [9.17, 15) is 0 Å². The monoisotopic (exact) mass is 253 g/mol. The number of nitrogens with zero attached hydrogens (tertiary/aromatic N) is 2. The standard InChI is InChI=1S/C14H11N3S/c15-13-8-12(10-4-2-1-3-5-10)16-14(17-13)11-6-7-18-9-11/h1-9H,(H2,15,16,17). The van der Waals surface area contributed by atoms with E-state index in [1.807, 2.05) is 47.2 Å². The first-order valence-electron chi connectivity index (χ1n) is 5.55. The first kappa shape index (κ1) is 10.9. The number of benzene rings is 1. The average Bonchev–Trinajstić information content (AvgIpc) is 2.93. The summed E-state index contributed by atoms with van der Waals surface area (Å²) in [5, 5.41) is 4.02. The number of nitrogens with two attached hydrogens (primary N) is 1. The molecule has 0 aliphatic rings. The largest absolute Gasteiger partial charge is 0.384 e. The van der Waals surface area contributed by atoms with Crippen LogP contribution < -0.4 is 5.73 Å². The van der Waals surface area contributed by atoms with Crippen LogP contribution in [0.25, 0.3) is 22.6 Å². The number of hydrogen-bond acceptors (Lipinski definition) is 4. The van der Waals surface area contributed by atoms with Gasteiger partial charge in [0.05, 0.1) is 5.69 Å². The van der Waals surface area contributed by atoms with E-state index < -0.39 is 0 Å². The van der Waals surface area contributed by atoms with Crippen LogP contribution in [0.4, 0.5) is 5.82 Å². The molecule has 1 aromatic carbocycles. The molecule has 3 nitrogen and oxygen atoms in total. The first-order valence-corrected chi connectivity index (χ1v) is 6.50. The summed E-state index contributed by atoms with van der Waals surface area (Å²) < 4.78 is 0. The minimum Gasteiger partial charge on any atom is -0.384 e. The Hall–Kier alpha value is -2.20. The molecular weight excluding hydrogens is 242 g/mol. The summed E-state index contributed by atoms with van der Waals surface area (Å²) in [5.74, 6) is 1.17. The molecule has 0 amide bonds. The predicted molar refractivity (Wildman–Crippen MR) is 75.2 cm³/mol. The molecule has 0 unspecified atom stereocenters. The highest BCUT2D eigenvalue weighted by Gasteiger charge is 2.07. The van der Waals surface area contributed by atoms with Crippen molar-refractivity contribution in [3.63, 3.8) is 0 Å². The molecular formula is C14H11N3S. The molecule has 2 heterocycles. The van der Waals surface area contributed by atoms with Crippen molar-refractivity contribution in [2.24, 2.45) is 0 Å². The number of nitrogen functional groups attached to an aromatic ring is 1. The summed E-state index contributed by atoms with van der Waals surface area (Å²) in [6.45, 7) is 0. The smallest absolute Gasteiger partial charge is 0.162 e. The van der Waals surface area contributed by atoms with Crippen LogP contribution in [0.15, 0.2) is 53.2 Å². The fourth-order valence-corrected chi connectivity index (χ4v) is 2.38. The van der Waals surface area contributed by atoms with Crippen molar-refractivity contribution in [3.05, 3.63) is 53.2 Å². The van der Waals surface area contributed by atoms with E-state index in [0.29, 0.717) is 11.6 Å². The molecule has 0 atom stereocenters. The topological polar surface area (TPSA) is 51.8 Å². The molecule has 18 heavy (non-hydrogen) atoms. The van der Waals surface area contributed by atoms with Gasteiger partial charge in [0.25, 0.3) is 0 Å². The molecule has 4 heteroatoms. The van der Waals surface area contributed by atoms with Gasteiger partial charge in [0.1, 0.15) is 5.82 Å². The highest BCUT2D eigenvalue weighted by Crippen LogP contribution is 2.24. The van der Waals surface area contributed by atoms with Gasteiger partial charge < -0.3 is 5.73 Å². The van der Waals surface area contributed by atoms with E-state index in [4.69, 9.17) is 5.73 Å². The SMILES string of the molecule is Nc1cc(-c2ccccc2)nc(-c2ccsc2)n1. The highest BCUT2D eigenvalue weighted by molar-refractivity contribution is 7.08. The summed E-state index contributed by atoms with van der Waals surface area (Å²) in [5.41, 5.74) is 8.76. The van der Waals surface area contributed by atoms with Crippen molar-refractivity contribution in [1.82, 2.24) is 9.97 Å². The lowest BCUT2D eigenvalue weighted by atomic mass is 10.1. The third-order valence-electron chi connectivity index (χ3n) is 2.59.